The average Bonchev–Trinajstić information content (AvgIpc) is 2.84. The Labute approximate surface area is 194 Å². The number of halogens is 1. The Morgan fingerprint density at radius 1 is 1.28 bits per heavy atom. The Balaban J connectivity index is 1.43. The van der Waals surface area contributed by atoms with Crippen molar-refractivity contribution in [1.29, 1.82) is 0 Å². The maximum Gasteiger partial charge on any atom is 0.230 e. The molecule has 2 atom stereocenters. The van der Waals surface area contributed by atoms with Crippen LogP contribution < -0.4 is 16.0 Å². The fourth-order valence-electron chi connectivity index (χ4n) is 4.25. The number of carbonyl (C=O) groups is 1. The highest BCUT2D eigenvalue weighted by Crippen LogP contribution is 2.31. The predicted molar refractivity (Wildman–Crippen MR) is 127 cm³/mol. The number of amides is 1. The molecule has 2 fully saturated rings. The molecule has 1 aromatic heterocycles. The largest absolute Gasteiger partial charge is 0.385 e. The number of benzene rings is 1. The Morgan fingerprint density at radius 2 is 2.12 bits per heavy atom. The standard InChI is InChI=1S/C24H31ClN4O3/c1-31-20-10-18(13-26-14-20)24(30)29-23-11-21(22(25)15-28-23)17-3-2-4-19(9-17)27-12-16-5-7-32-8-6-16/h2-4,9,11,15-16,18,20,26-27H,5-8,10,12-14H2,1H3,(H,28,29,30). The molecule has 1 amide bonds. The number of rotatable bonds is 7. The van der Waals surface area contributed by atoms with Crippen LogP contribution in [-0.4, -0.2) is 57.0 Å². The zero-order valence-corrected chi connectivity index (χ0v) is 19.2. The zero-order valence-electron chi connectivity index (χ0n) is 18.4. The smallest absolute Gasteiger partial charge is 0.230 e. The van der Waals surface area contributed by atoms with Crippen molar-refractivity contribution in [2.24, 2.45) is 11.8 Å². The lowest BCUT2D eigenvalue weighted by Crippen LogP contribution is -2.44. The molecular formula is C24H31ClN4O3. The van der Waals surface area contributed by atoms with E-state index in [1.807, 2.05) is 18.2 Å². The van der Waals surface area contributed by atoms with Gasteiger partial charge in [-0.25, -0.2) is 4.98 Å². The number of anilines is 2. The van der Waals surface area contributed by atoms with E-state index in [-0.39, 0.29) is 17.9 Å². The van der Waals surface area contributed by atoms with Crippen molar-refractivity contribution < 1.29 is 14.3 Å². The minimum absolute atomic E-state index is 0.0459. The van der Waals surface area contributed by atoms with Gasteiger partial charge in [-0.2, -0.15) is 0 Å². The van der Waals surface area contributed by atoms with Gasteiger partial charge in [0.15, 0.2) is 0 Å². The number of nitrogens with one attached hydrogen (secondary N) is 3. The summed E-state index contributed by atoms with van der Waals surface area (Å²) in [6.45, 7) is 4.01. The molecule has 0 radical (unpaired) electrons. The molecule has 2 saturated heterocycles. The van der Waals surface area contributed by atoms with Gasteiger partial charge >= 0.3 is 0 Å². The molecule has 3 heterocycles. The SMILES string of the molecule is COC1CNCC(C(=O)Nc2cc(-c3cccc(NCC4CCOCC4)c3)c(Cl)cn2)C1. The van der Waals surface area contributed by atoms with Gasteiger partial charge in [0.05, 0.1) is 17.0 Å². The van der Waals surface area contributed by atoms with Crippen molar-refractivity contribution in [3.8, 4) is 11.1 Å². The molecule has 0 saturated carbocycles. The Morgan fingerprint density at radius 3 is 2.94 bits per heavy atom. The fraction of sp³-hybridized carbons (Fsp3) is 0.500. The summed E-state index contributed by atoms with van der Waals surface area (Å²) >= 11 is 6.47. The van der Waals surface area contributed by atoms with E-state index in [2.05, 4.69) is 33.1 Å². The molecule has 1 aromatic carbocycles. The van der Waals surface area contributed by atoms with Crippen LogP contribution in [0.1, 0.15) is 19.3 Å². The highest BCUT2D eigenvalue weighted by atomic mass is 35.5. The van der Waals surface area contributed by atoms with E-state index in [9.17, 15) is 4.79 Å². The van der Waals surface area contributed by atoms with E-state index >= 15 is 0 Å². The maximum atomic E-state index is 12.8. The molecule has 2 aliphatic heterocycles. The average molecular weight is 459 g/mol. The van der Waals surface area contributed by atoms with Gasteiger partial charge < -0.3 is 25.4 Å². The Bertz CT molecular complexity index is 920. The number of methoxy groups -OCH3 is 1. The van der Waals surface area contributed by atoms with Crippen molar-refractivity contribution in [1.82, 2.24) is 10.3 Å². The fourth-order valence-corrected chi connectivity index (χ4v) is 4.46. The van der Waals surface area contributed by atoms with Crippen molar-refractivity contribution in [3.63, 3.8) is 0 Å². The van der Waals surface area contributed by atoms with Crippen molar-refractivity contribution in [2.75, 3.05) is 50.6 Å². The number of pyridine rings is 1. The summed E-state index contributed by atoms with van der Waals surface area (Å²) in [5.74, 6) is 0.902. The molecule has 3 N–H and O–H groups in total. The third kappa shape index (κ3) is 5.98. The summed E-state index contributed by atoms with van der Waals surface area (Å²) in [4.78, 5) is 17.1. The molecule has 32 heavy (non-hydrogen) atoms. The number of aromatic nitrogens is 1. The first-order valence-corrected chi connectivity index (χ1v) is 11.6. The second-order valence-electron chi connectivity index (χ2n) is 8.50. The number of nitrogens with zero attached hydrogens (tertiary/aromatic N) is 1. The molecule has 2 aromatic rings. The summed E-state index contributed by atoms with van der Waals surface area (Å²) in [5, 5.41) is 10.3. The summed E-state index contributed by atoms with van der Waals surface area (Å²) in [6, 6.07) is 10.0. The van der Waals surface area contributed by atoms with Gasteiger partial charge in [-0.1, -0.05) is 23.7 Å². The lowest BCUT2D eigenvalue weighted by molar-refractivity contribution is -0.121. The first-order chi connectivity index (χ1) is 15.6. The van der Waals surface area contributed by atoms with Gasteiger partial charge in [0.25, 0.3) is 0 Å². The van der Waals surface area contributed by atoms with E-state index < -0.39 is 0 Å². The molecule has 2 unspecified atom stereocenters. The first-order valence-electron chi connectivity index (χ1n) is 11.2. The van der Waals surface area contributed by atoms with Crippen molar-refractivity contribution >= 4 is 29.0 Å². The number of hydrogen-bond acceptors (Lipinski definition) is 6. The van der Waals surface area contributed by atoms with Crippen LogP contribution in [0, 0.1) is 11.8 Å². The predicted octanol–water partition coefficient (Wildman–Crippen LogP) is 3.80. The third-order valence-electron chi connectivity index (χ3n) is 6.23. The molecule has 8 heteroatoms. The van der Waals surface area contributed by atoms with Crippen LogP contribution >= 0.6 is 11.6 Å². The van der Waals surface area contributed by atoms with Gasteiger partial charge in [0.1, 0.15) is 5.82 Å². The van der Waals surface area contributed by atoms with E-state index in [1.165, 1.54) is 0 Å². The van der Waals surface area contributed by atoms with Crippen LogP contribution in [0.25, 0.3) is 11.1 Å². The van der Waals surface area contributed by atoms with Gasteiger partial charge in [0.2, 0.25) is 5.91 Å². The second-order valence-corrected chi connectivity index (χ2v) is 8.91. The lowest BCUT2D eigenvalue weighted by atomic mass is 9.96. The minimum atomic E-state index is -0.160. The van der Waals surface area contributed by atoms with E-state index in [0.29, 0.717) is 29.7 Å². The van der Waals surface area contributed by atoms with Crippen LogP contribution in [0.3, 0.4) is 0 Å². The van der Waals surface area contributed by atoms with Gasteiger partial charge in [-0.05, 0) is 48.9 Å². The summed E-state index contributed by atoms with van der Waals surface area (Å²) in [7, 11) is 1.67. The van der Waals surface area contributed by atoms with Gasteiger partial charge in [0, 0.05) is 57.4 Å². The van der Waals surface area contributed by atoms with Crippen molar-refractivity contribution in [2.45, 2.75) is 25.4 Å². The number of piperidine rings is 1. The van der Waals surface area contributed by atoms with Crippen LogP contribution in [-0.2, 0) is 14.3 Å². The summed E-state index contributed by atoms with van der Waals surface area (Å²) < 4.78 is 10.8. The maximum absolute atomic E-state index is 12.8. The Kier molecular flexibility index (Phi) is 7.97. The van der Waals surface area contributed by atoms with Crippen LogP contribution in [0.5, 0.6) is 0 Å². The monoisotopic (exact) mass is 458 g/mol. The normalized spacial score (nSPS) is 21.8. The zero-order chi connectivity index (χ0) is 22.3. The van der Waals surface area contributed by atoms with Crippen LogP contribution in [0.2, 0.25) is 5.02 Å². The van der Waals surface area contributed by atoms with Gasteiger partial charge in [-0.15, -0.1) is 0 Å². The molecular weight excluding hydrogens is 428 g/mol. The summed E-state index contributed by atoms with van der Waals surface area (Å²) in [5.41, 5.74) is 2.86. The molecule has 0 aliphatic carbocycles. The quantitative estimate of drug-likeness (QED) is 0.585. The highest BCUT2D eigenvalue weighted by molar-refractivity contribution is 6.33. The van der Waals surface area contributed by atoms with Gasteiger partial charge in [-0.3, -0.25) is 4.79 Å². The molecule has 4 rings (SSSR count). The van der Waals surface area contributed by atoms with Crippen LogP contribution in [0.4, 0.5) is 11.5 Å². The molecule has 0 bridgehead atoms. The molecule has 0 spiro atoms. The van der Waals surface area contributed by atoms with E-state index in [0.717, 1.165) is 56.0 Å². The lowest BCUT2D eigenvalue weighted by Gasteiger charge is -2.28. The minimum Gasteiger partial charge on any atom is -0.385 e. The van der Waals surface area contributed by atoms with Crippen LogP contribution in [0.15, 0.2) is 36.5 Å². The highest BCUT2D eigenvalue weighted by Gasteiger charge is 2.27. The van der Waals surface area contributed by atoms with E-state index in [4.69, 9.17) is 21.1 Å². The molecule has 172 valence electrons. The topological polar surface area (TPSA) is 84.5 Å². The van der Waals surface area contributed by atoms with E-state index in [1.54, 1.807) is 13.3 Å². The van der Waals surface area contributed by atoms with Crippen molar-refractivity contribution in [3.05, 3.63) is 41.6 Å². The Hall–Kier alpha value is -2.19. The third-order valence-corrected chi connectivity index (χ3v) is 6.53. The first kappa shape index (κ1) is 23.0. The number of hydrogen-bond donors (Lipinski definition) is 3. The number of carbonyl (C=O) groups excluding carboxylic acids is 1. The summed E-state index contributed by atoms with van der Waals surface area (Å²) in [6.07, 6.45) is 4.51. The number of ether oxygens (including phenoxy) is 2. The second kappa shape index (κ2) is 11.1. The molecule has 2 aliphatic rings. The molecule has 7 nitrogen and oxygen atoms in total.